The molecule has 0 aliphatic rings. The van der Waals surface area contributed by atoms with E-state index >= 15 is 0 Å². The summed E-state index contributed by atoms with van der Waals surface area (Å²) < 4.78 is 13.0. The minimum Gasteiger partial charge on any atom is -0.342 e. The van der Waals surface area contributed by atoms with Crippen LogP contribution in [0.3, 0.4) is 0 Å². The molecule has 0 aliphatic heterocycles. The molecule has 0 saturated carbocycles. The van der Waals surface area contributed by atoms with Crippen molar-refractivity contribution in [3.05, 3.63) is 54.1 Å². The molecule has 1 aromatic heterocycles. The van der Waals surface area contributed by atoms with Gasteiger partial charge in [0.25, 0.3) is 0 Å². The minimum atomic E-state index is -0.210. The summed E-state index contributed by atoms with van der Waals surface area (Å²) >= 11 is 0. The molecule has 0 radical (unpaired) electrons. The van der Waals surface area contributed by atoms with Gasteiger partial charge in [0.15, 0.2) is 0 Å². The number of rotatable bonds is 5. The maximum atomic E-state index is 13.0. The first kappa shape index (κ1) is 14.8. The van der Waals surface area contributed by atoms with Gasteiger partial charge in [0.2, 0.25) is 0 Å². The first-order valence-corrected chi connectivity index (χ1v) is 7.93. The first-order valence-electron chi connectivity index (χ1n) is 7.93. The number of aromatic amines is 1. The molecule has 0 fully saturated rings. The van der Waals surface area contributed by atoms with Crippen LogP contribution in [0.15, 0.2) is 42.5 Å². The van der Waals surface area contributed by atoms with Crippen LogP contribution in [0.25, 0.3) is 22.2 Å². The van der Waals surface area contributed by atoms with E-state index in [4.69, 9.17) is 4.98 Å². The van der Waals surface area contributed by atoms with Crippen molar-refractivity contribution in [2.45, 2.75) is 39.0 Å². The number of fused-ring (bicyclic) bond motifs is 1. The number of nitrogens with one attached hydrogen (secondary N) is 1. The van der Waals surface area contributed by atoms with E-state index in [1.165, 1.54) is 25.0 Å². The third-order valence-corrected chi connectivity index (χ3v) is 4.14. The van der Waals surface area contributed by atoms with Gasteiger partial charge in [-0.3, -0.25) is 0 Å². The van der Waals surface area contributed by atoms with E-state index in [-0.39, 0.29) is 5.82 Å². The molecular formula is C19H21FN2. The zero-order valence-electron chi connectivity index (χ0n) is 13.1. The van der Waals surface area contributed by atoms with Gasteiger partial charge in [-0.05, 0) is 41.8 Å². The van der Waals surface area contributed by atoms with E-state index in [2.05, 4.69) is 24.9 Å². The summed E-state index contributed by atoms with van der Waals surface area (Å²) in [5.41, 5.74) is 4.12. The molecule has 0 unspecified atom stereocenters. The largest absolute Gasteiger partial charge is 0.342 e. The fourth-order valence-electron chi connectivity index (χ4n) is 2.73. The summed E-state index contributed by atoms with van der Waals surface area (Å²) in [4.78, 5) is 8.14. The van der Waals surface area contributed by atoms with Crippen molar-refractivity contribution in [2.75, 3.05) is 0 Å². The fourth-order valence-corrected chi connectivity index (χ4v) is 2.73. The summed E-state index contributed by atoms with van der Waals surface area (Å²) in [6.07, 6.45) is 3.58. The van der Waals surface area contributed by atoms with Gasteiger partial charge in [-0.25, -0.2) is 9.37 Å². The molecule has 1 N–H and O–H groups in total. The molecule has 114 valence electrons. The van der Waals surface area contributed by atoms with Crippen molar-refractivity contribution in [1.82, 2.24) is 9.97 Å². The van der Waals surface area contributed by atoms with Crippen molar-refractivity contribution < 1.29 is 4.39 Å². The smallest absolute Gasteiger partial charge is 0.123 e. The lowest BCUT2D eigenvalue weighted by Gasteiger charge is -2.06. The van der Waals surface area contributed by atoms with Crippen LogP contribution in [-0.2, 0) is 0 Å². The second-order valence-corrected chi connectivity index (χ2v) is 5.90. The molecule has 22 heavy (non-hydrogen) atoms. The number of halogens is 1. The molecular weight excluding hydrogens is 275 g/mol. The van der Waals surface area contributed by atoms with Crippen molar-refractivity contribution in [3.63, 3.8) is 0 Å². The van der Waals surface area contributed by atoms with E-state index in [1.807, 2.05) is 12.1 Å². The Morgan fingerprint density at radius 1 is 1.09 bits per heavy atom. The number of H-pyrrole nitrogens is 1. The Balaban J connectivity index is 1.91. The zero-order chi connectivity index (χ0) is 15.5. The van der Waals surface area contributed by atoms with E-state index in [0.717, 1.165) is 34.4 Å². The summed E-state index contributed by atoms with van der Waals surface area (Å²) in [6, 6.07) is 12.7. The predicted octanol–water partition coefficient (Wildman–Crippen LogP) is 5.66. The second-order valence-electron chi connectivity index (χ2n) is 5.90. The molecule has 2 nitrogen and oxygen atoms in total. The number of hydrogen-bond donors (Lipinski definition) is 1. The van der Waals surface area contributed by atoms with Crippen LogP contribution in [-0.4, -0.2) is 9.97 Å². The van der Waals surface area contributed by atoms with E-state index in [9.17, 15) is 4.39 Å². The van der Waals surface area contributed by atoms with Crippen LogP contribution in [0.5, 0.6) is 0 Å². The molecule has 3 aromatic rings. The number of nitrogens with zero attached hydrogens (tertiary/aromatic N) is 1. The molecule has 0 spiro atoms. The second kappa shape index (κ2) is 6.30. The molecule has 0 bridgehead atoms. The van der Waals surface area contributed by atoms with Gasteiger partial charge in [-0.2, -0.15) is 0 Å². The molecule has 0 amide bonds. The molecule has 1 heterocycles. The third-order valence-electron chi connectivity index (χ3n) is 4.14. The van der Waals surface area contributed by atoms with E-state index in [1.54, 1.807) is 12.1 Å². The van der Waals surface area contributed by atoms with Crippen molar-refractivity contribution in [2.24, 2.45) is 0 Å². The lowest BCUT2D eigenvalue weighted by molar-refractivity contribution is 0.602. The predicted molar refractivity (Wildman–Crippen MR) is 89.4 cm³/mol. The maximum absolute atomic E-state index is 13.0. The highest BCUT2D eigenvalue weighted by molar-refractivity contribution is 5.82. The van der Waals surface area contributed by atoms with Gasteiger partial charge in [0.05, 0.1) is 11.0 Å². The summed E-state index contributed by atoms with van der Waals surface area (Å²) in [6.45, 7) is 4.43. The molecule has 3 rings (SSSR count). The van der Waals surface area contributed by atoms with Gasteiger partial charge in [0.1, 0.15) is 11.6 Å². The highest BCUT2D eigenvalue weighted by Gasteiger charge is 2.11. The van der Waals surface area contributed by atoms with Crippen LogP contribution in [0, 0.1) is 5.82 Å². The monoisotopic (exact) mass is 296 g/mol. The quantitative estimate of drug-likeness (QED) is 0.646. The Bertz CT molecular complexity index is 759. The lowest BCUT2D eigenvalue weighted by atomic mass is 10.0. The average Bonchev–Trinajstić information content (AvgIpc) is 2.96. The molecule has 0 aliphatic carbocycles. The average molecular weight is 296 g/mol. The van der Waals surface area contributed by atoms with Crippen molar-refractivity contribution >= 4 is 11.0 Å². The SMILES string of the molecule is CCCC[C@H](C)c1nc2ccc(-c3ccc(F)cc3)cc2[nH]1. The van der Waals surface area contributed by atoms with Gasteiger partial charge >= 0.3 is 0 Å². The summed E-state index contributed by atoms with van der Waals surface area (Å²) in [5, 5.41) is 0. The molecule has 2 aromatic carbocycles. The Labute approximate surface area is 130 Å². The molecule has 3 heteroatoms. The Morgan fingerprint density at radius 2 is 1.82 bits per heavy atom. The number of benzene rings is 2. The van der Waals surface area contributed by atoms with E-state index < -0.39 is 0 Å². The van der Waals surface area contributed by atoms with Crippen LogP contribution in [0.1, 0.15) is 44.9 Å². The first-order chi connectivity index (χ1) is 10.7. The minimum absolute atomic E-state index is 0.210. The van der Waals surface area contributed by atoms with Crippen LogP contribution >= 0.6 is 0 Å². The highest BCUT2D eigenvalue weighted by atomic mass is 19.1. The van der Waals surface area contributed by atoms with Crippen molar-refractivity contribution in [3.8, 4) is 11.1 Å². The standard InChI is InChI=1S/C19H21FN2/c1-3-4-5-13(2)19-21-17-11-8-15(12-18(17)22-19)14-6-9-16(20)10-7-14/h6-13H,3-5H2,1-2H3,(H,21,22)/t13-/m0/s1. The third kappa shape index (κ3) is 3.03. The summed E-state index contributed by atoms with van der Waals surface area (Å²) in [7, 11) is 0. The normalized spacial score (nSPS) is 12.7. The summed E-state index contributed by atoms with van der Waals surface area (Å²) in [5.74, 6) is 1.29. The van der Waals surface area contributed by atoms with Gasteiger partial charge in [-0.1, -0.05) is 44.9 Å². The van der Waals surface area contributed by atoms with Gasteiger partial charge < -0.3 is 4.98 Å². The van der Waals surface area contributed by atoms with E-state index in [0.29, 0.717) is 5.92 Å². The van der Waals surface area contributed by atoms with Crippen LogP contribution in [0.2, 0.25) is 0 Å². The zero-order valence-corrected chi connectivity index (χ0v) is 13.1. The molecule has 1 atom stereocenters. The van der Waals surface area contributed by atoms with Crippen LogP contribution < -0.4 is 0 Å². The number of aromatic nitrogens is 2. The van der Waals surface area contributed by atoms with Gasteiger partial charge in [-0.15, -0.1) is 0 Å². The fraction of sp³-hybridized carbons (Fsp3) is 0.316. The Hall–Kier alpha value is -2.16. The van der Waals surface area contributed by atoms with Crippen LogP contribution in [0.4, 0.5) is 4.39 Å². The lowest BCUT2D eigenvalue weighted by Crippen LogP contribution is -1.95. The van der Waals surface area contributed by atoms with Gasteiger partial charge in [0, 0.05) is 5.92 Å². The highest BCUT2D eigenvalue weighted by Crippen LogP contribution is 2.26. The number of unbranched alkanes of at least 4 members (excludes halogenated alkanes) is 1. The Kier molecular flexibility index (Phi) is 4.23. The number of imidazole rings is 1. The topological polar surface area (TPSA) is 28.7 Å². The number of hydrogen-bond acceptors (Lipinski definition) is 1. The molecule has 0 saturated heterocycles. The Morgan fingerprint density at radius 3 is 2.55 bits per heavy atom. The maximum Gasteiger partial charge on any atom is 0.123 e. The van der Waals surface area contributed by atoms with Crippen molar-refractivity contribution in [1.29, 1.82) is 0 Å².